The van der Waals surface area contributed by atoms with Crippen LogP contribution < -0.4 is 0 Å². The molecule has 0 aliphatic carbocycles. The summed E-state index contributed by atoms with van der Waals surface area (Å²) in [5, 5.41) is 1.10. The summed E-state index contributed by atoms with van der Waals surface area (Å²) >= 11 is 0. The van der Waals surface area contributed by atoms with Crippen LogP contribution in [0.25, 0.3) is 10.9 Å². The van der Waals surface area contributed by atoms with E-state index in [9.17, 15) is 12.8 Å². The van der Waals surface area contributed by atoms with Gasteiger partial charge in [0.2, 0.25) is 10.0 Å². The number of nitrogens with zero attached hydrogens (tertiary/aromatic N) is 3. The number of rotatable bonds is 4. The number of piperazine rings is 1. The van der Waals surface area contributed by atoms with E-state index in [0.717, 1.165) is 29.1 Å². The number of aromatic nitrogens is 1. The van der Waals surface area contributed by atoms with Crippen molar-refractivity contribution >= 4 is 20.9 Å². The Balaban J connectivity index is 1.46. The first-order valence-electron chi connectivity index (χ1n) is 8.85. The summed E-state index contributed by atoms with van der Waals surface area (Å²) in [7, 11) is -3.66. The molecule has 1 aliphatic heterocycles. The normalized spacial score (nSPS) is 16.6. The van der Waals surface area contributed by atoms with Gasteiger partial charge in [0, 0.05) is 44.3 Å². The van der Waals surface area contributed by atoms with Crippen molar-refractivity contribution in [3.05, 3.63) is 72.2 Å². The number of hydrogen-bond donors (Lipinski definition) is 0. The van der Waals surface area contributed by atoms with Gasteiger partial charge in [0.25, 0.3) is 0 Å². The van der Waals surface area contributed by atoms with Gasteiger partial charge in [-0.3, -0.25) is 9.88 Å². The summed E-state index contributed by atoms with van der Waals surface area (Å²) in [5.74, 6) is -0.543. The van der Waals surface area contributed by atoms with Crippen LogP contribution in [0.15, 0.2) is 65.7 Å². The van der Waals surface area contributed by atoms with Gasteiger partial charge in [0.05, 0.1) is 10.4 Å². The molecule has 2 aromatic carbocycles. The molecular weight excluding hydrogens is 365 g/mol. The molecule has 0 bridgehead atoms. The highest BCUT2D eigenvalue weighted by atomic mass is 32.2. The van der Waals surface area contributed by atoms with Crippen LogP contribution >= 0.6 is 0 Å². The monoisotopic (exact) mass is 385 g/mol. The van der Waals surface area contributed by atoms with E-state index in [-0.39, 0.29) is 4.90 Å². The standard InChI is InChI=1S/C20H20FN3O2S/c21-18-7-2-8-19(14-18)27(25,26)24-12-10-23(11-13-24)15-17-5-1-4-16-6-3-9-22-20(16)17/h1-9,14H,10-13,15H2. The van der Waals surface area contributed by atoms with Crippen LogP contribution in [0.5, 0.6) is 0 Å². The Hall–Kier alpha value is -2.35. The number of halogens is 1. The smallest absolute Gasteiger partial charge is 0.243 e. The van der Waals surface area contributed by atoms with Crippen molar-refractivity contribution in [2.24, 2.45) is 0 Å². The van der Waals surface area contributed by atoms with Gasteiger partial charge in [-0.15, -0.1) is 0 Å². The molecule has 1 aliphatic rings. The molecular formula is C20H20FN3O2S. The van der Waals surface area contributed by atoms with Gasteiger partial charge < -0.3 is 0 Å². The maximum atomic E-state index is 13.4. The third-order valence-corrected chi connectivity index (χ3v) is 6.77. The highest BCUT2D eigenvalue weighted by Gasteiger charge is 2.28. The van der Waals surface area contributed by atoms with Crippen LogP contribution in [-0.4, -0.2) is 48.8 Å². The largest absolute Gasteiger partial charge is 0.296 e. The molecule has 1 aromatic heterocycles. The summed E-state index contributed by atoms with van der Waals surface area (Å²) < 4.78 is 40.2. The zero-order valence-corrected chi connectivity index (χ0v) is 15.6. The predicted molar refractivity (Wildman–Crippen MR) is 102 cm³/mol. The molecule has 0 amide bonds. The van der Waals surface area contributed by atoms with E-state index in [1.807, 2.05) is 24.3 Å². The van der Waals surface area contributed by atoms with Gasteiger partial charge in [-0.1, -0.05) is 30.3 Å². The van der Waals surface area contributed by atoms with Crippen LogP contribution in [0.4, 0.5) is 4.39 Å². The lowest BCUT2D eigenvalue weighted by Crippen LogP contribution is -2.48. The Morgan fingerprint density at radius 2 is 1.70 bits per heavy atom. The fourth-order valence-corrected chi connectivity index (χ4v) is 4.89. The molecule has 1 fully saturated rings. The fraction of sp³-hybridized carbons (Fsp3) is 0.250. The number of pyridine rings is 1. The number of hydrogen-bond acceptors (Lipinski definition) is 4. The average Bonchev–Trinajstić information content (AvgIpc) is 2.69. The molecule has 7 heteroatoms. The average molecular weight is 385 g/mol. The SMILES string of the molecule is O=S(=O)(c1cccc(F)c1)N1CCN(Cc2cccc3cccnc23)CC1. The number of benzene rings is 2. The first-order valence-corrected chi connectivity index (χ1v) is 10.3. The molecule has 3 aromatic rings. The van der Waals surface area contributed by atoms with Gasteiger partial charge in [-0.05, 0) is 29.8 Å². The molecule has 0 saturated carbocycles. The molecule has 0 atom stereocenters. The maximum Gasteiger partial charge on any atom is 0.243 e. The third kappa shape index (κ3) is 3.71. The van der Waals surface area contributed by atoms with Crippen molar-refractivity contribution in [1.82, 2.24) is 14.2 Å². The molecule has 0 radical (unpaired) electrons. The number of para-hydroxylation sites is 1. The predicted octanol–water partition coefficient (Wildman–Crippen LogP) is 2.88. The highest BCUT2D eigenvalue weighted by molar-refractivity contribution is 7.89. The Kier molecular flexibility index (Phi) is 4.90. The minimum Gasteiger partial charge on any atom is -0.296 e. The molecule has 0 N–H and O–H groups in total. The van der Waals surface area contributed by atoms with Gasteiger partial charge in [0.1, 0.15) is 5.82 Å². The van der Waals surface area contributed by atoms with Crippen molar-refractivity contribution in [2.75, 3.05) is 26.2 Å². The fourth-order valence-electron chi connectivity index (χ4n) is 3.44. The first-order chi connectivity index (χ1) is 13.0. The van der Waals surface area contributed by atoms with Crippen molar-refractivity contribution in [3.63, 3.8) is 0 Å². The minimum atomic E-state index is -3.66. The van der Waals surface area contributed by atoms with E-state index in [1.54, 1.807) is 6.20 Å². The second-order valence-corrected chi connectivity index (χ2v) is 8.57. The third-order valence-electron chi connectivity index (χ3n) is 4.88. The minimum absolute atomic E-state index is 0.00852. The summed E-state index contributed by atoms with van der Waals surface area (Å²) in [6.45, 7) is 2.74. The molecule has 0 unspecified atom stereocenters. The zero-order chi connectivity index (χ0) is 18.9. The van der Waals surface area contributed by atoms with Crippen LogP contribution in [-0.2, 0) is 16.6 Å². The Bertz CT molecular complexity index is 1060. The molecule has 2 heterocycles. The van der Waals surface area contributed by atoms with Gasteiger partial charge in [-0.2, -0.15) is 4.31 Å². The van der Waals surface area contributed by atoms with Crippen molar-refractivity contribution in [1.29, 1.82) is 0 Å². The Morgan fingerprint density at radius 1 is 0.963 bits per heavy atom. The topological polar surface area (TPSA) is 53.5 Å². The first kappa shape index (κ1) is 18.0. The second kappa shape index (κ2) is 7.34. The lowest BCUT2D eigenvalue weighted by molar-refractivity contribution is 0.182. The van der Waals surface area contributed by atoms with E-state index in [1.165, 1.54) is 22.5 Å². The van der Waals surface area contributed by atoms with Crippen molar-refractivity contribution in [2.45, 2.75) is 11.4 Å². The van der Waals surface area contributed by atoms with E-state index < -0.39 is 15.8 Å². The van der Waals surface area contributed by atoms with E-state index in [2.05, 4.69) is 16.0 Å². The van der Waals surface area contributed by atoms with Gasteiger partial charge in [0.15, 0.2) is 0 Å². The van der Waals surface area contributed by atoms with Gasteiger partial charge >= 0.3 is 0 Å². The summed E-state index contributed by atoms with van der Waals surface area (Å²) in [6.07, 6.45) is 1.79. The molecule has 140 valence electrons. The van der Waals surface area contributed by atoms with Crippen LogP contribution in [0.1, 0.15) is 5.56 Å². The van der Waals surface area contributed by atoms with E-state index in [4.69, 9.17) is 0 Å². The van der Waals surface area contributed by atoms with E-state index in [0.29, 0.717) is 26.2 Å². The van der Waals surface area contributed by atoms with Crippen molar-refractivity contribution in [3.8, 4) is 0 Å². The molecule has 4 rings (SSSR count). The Labute approximate surface area is 158 Å². The molecule has 0 spiro atoms. The van der Waals surface area contributed by atoms with Crippen LogP contribution in [0.3, 0.4) is 0 Å². The zero-order valence-electron chi connectivity index (χ0n) is 14.8. The lowest BCUT2D eigenvalue weighted by atomic mass is 10.1. The molecule has 1 saturated heterocycles. The highest BCUT2D eigenvalue weighted by Crippen LogP contribution is 2.21. The lowest BCUT2D eigenvalue weighted by Gasteiger charge is -2.34. The second-order valence-electron chi connectivity index (χ2n) is 6.63. The van der Waals surface area contributed by atoms with Crippen LogP contribution in [0.2, 0.25) is 0 Å². The quantitative estimate of drug-likeness (QED) is 0.693. The molecule has 27 heavy (non-hydrogen) atoms. The summed E-state index contributed by atoms with van der Waals surface area (Å²) in [4.78, 5) is 6.71. The number of sulfonamides is 1. The van der Waals surface area contributed by atoms with Crippen LogP contribution in [0, 0.1) is 5.82 Å². The summed E-state index contributed by atoms with van der Waals surface area (Å²) in [6, 6.07) is 15.2. The molecule has 5 nitrogen and oxygen atoms in total. The van der Waals surface area contributed by atoms with Crippen molar-refractivity contribution < 1.29 is 12.8 Å². The maximum absolute atomic E-state index is 13.4. The van der Waals surface area contributed by atoms with Gasteiger partial charge in [-0.25, -0.2) is 12.8 Å². The van der Waals surface area contributed by atoms with E-state index >= 15 is 0 Å². The summed E-state index contributed by atoms with van der Waals surface area (Å²) in [5.41, 5.74) is 2.12. The number of fused-ring (bicyclic) bond motifs is 1. The Morgan fingerprint density at radius 3 is 2.48 bits per heavy atom.